The van der Waals surface area contributed by atoms with E-state index < -0.39 is 0 Å². The normalized spacial score (nSPS) is 11.3. The molecule has 0 saturated heterocycles. The molecule has 4 heteroatoms. The van der Waals surface area contributed by atoms with Crippen molar-refractivity contribution in [3.8, 4) is 17.1 Å². The maximum atomic E-state index is 5.33. The van der Waals surface area contributed by atoms with Crippen molar-refractivity contribution < 1.29 is 4.74 Å². The molecule has 0 aliphatic rings. The van der Waals surface area contributed by atoms with Crippen LogP contribution in [-0.4, -0.2) is 16.7 Å². The van der Waals surface area contributed by atoms with Gasteiger partial charge in [0.25, 0.3) is 0 Å². The minimum Gasteiger partial charge on any atom is -0.481 e. The van der Waals surface area contributed by atoms with Crippen molar-refractivity contribution in [1.29, 1.82) is 0 Å². The lowest BCUT2D eigenvalue weighted by Crippen LogP contribution is -1.91. The zero-order chi connectivity index (χ0) is 14.4. The Labute approximate surface area is 126 Å². The van der Waals surface area contributed by atoms with Gasteiger partial charge in [-0.3, -0.25) is 0 Å². The van der Waals surface area contributed by atoms with Crippen molar-refractivity contribution in [2.24, 2.45) is 7.05 Å². The fourth-order valence-corrected chi connectivity index (χ4v) is 3.57. The molecule has 0 bridgehead atoms. The summed E-state index contributed by atoms with van der Waals surface area (Å²) in [6, 6.07) is 12.7. The molecule has 0 unspecified atom stereocenters. The molecule has 4 rings (SSSR count). The molecule has 0 radical (unpaired) electrons. The van der Waals surface area contributed by atoms with Crippen LogP contribution in [0.3, 0.4) is 0 Å². The van der Waals surface area contributed by atoms with E-state index in [-0.39, 0.29) is 0 Å². The van der Waals surface area contributed by atoms with Gasteiger partial charge >= 0.3 is 0 Å². The second kappa shape index (κ2) is 4.60. The molecule has 21 heavy (non-hydrogen) atoms. The highest BCUT2D eigenvalue weighted by atomic mass is 32.1. The van der Waals surface area contributed by atoms with Crippen LogP contribution in [0.5, 0.6) is 5.88 Å². The largest absolute Gasteiger partial charge is 0.481 e. The van der Waals surface area contributed by atoms with Crippen LogP contribution < -0.4 is 4.74 Å². The van der Waals surface area contributed by atoms with E-state index in [0.29, 0.717) is 5.88 Å². The van der Waals surface area contributed by atoms with Crippen molar-refractivity contribution in [3.63, 3.8) is 0 Å². The average Bonchev–Trinajstić information content (AvgIpc) is 3.12. The summed E-state index contributed by atoms with van der Waals surface area (Å²) in [4.78, 5) is 4.66. The number of rotatable bonds is 2. The Morgan fingerprint density at radius 1 is 1.10 bits per heavy atom. The number of ether oxygens (including phenoxy) is 1. The Morgan fingerprint density at radius 3 is 2.86 bits per heavy atom. The zero-order valence-corrected chi connectivity index (χ0v) is 12.6. The van der Waals surface area contributed by atoms with Gasteiger partial charge in [-0.1, -0.05) is 6.07 Å². The van der Waals surface area contributed by atoms with Gasteiger partial charge in [0.05, 0.1) is 17.5 Å². The summed E-state index contributed by atoms with van der Waals surface area (Å²) >= 11 is 1.72. The van der Waals surface area contributed by atoms with E-state index in [1.54, 1.807) is 18.4 Å². The summed E-state index contributed by atoms with van der Waals surface area (Å²) in [5, 5.41) is 4.50. The Bertz CT molecular complexity index is 952. The van der Waals surface area contributed by atoms with E-state index in [4.69, 9.17) is 4.74 Å². The predicted molar refractivity (Wildman–Crippen MR) is 88.1 cm³/mol. The standard InChI is InChI=1S/C17H14N2OS/c1-19-7-5-11-9-12(3-4-14(11)19)16-17-13(6-8-21-17)10-15(18-16)20-2/h3-10H,1-2H3. The molecular formula is C17H14N2OS. The maximum absolute atomic E-state index is 5.33. The van der Waals surface area contributed by atoms with E-state index >= 15 is 0 Å². The Kier molecular flexibility index (Phi) is 2.72. The van der Waals surface area contributed by atoms with E-state index in [1.807, 2.05) is 6.07 Å². The van der Waals surface area contributed by atoms with Crippen LogP contribution in [-0.2, 0) is 7.05 Å². The average molecular weight is 294 g/mol. The van der Waals surface area contributed by atoms with Gasteiger partial charge in [-0.15, -0.1) is 11.3 Å². The number of aromatic nitrogens is 2. The lowest BCUT2D eigenvalue weighted by molar-refractivity contribution is 0.399. The molecule has 0 amide bonds. The van der Waals surface area contributed by atoms with E-state index in [2.05, 4.69) is 58.5 Å². The number of aryl methyl sites for hydroxylation is 1. The maximum Gasteiger partial charge on any atom is 0.214 e. The monoisotopic (exact) mass is 294 g/mol. The van der Waals surface area contributed by atoms with Crippen LogP contribution in [0.25, 0.3) is 32.2 Å². The first kappa shape index (κ1) is 12.4. The third kappa shape index (κ3) is 1.91. The second-order valence-electron chi connectivity index (χ2n) is 5.05. The third-order valence-corrected chi connectivity index (χ3v) is 4.72. The first-order valence-corrected chi connectivity index (χ1v) is 7.62. The minimum atomic E-state index is 0.657. The minimum absolute atomic E-state index is 0.657. The molecule has 0 fully saturated rings. The molecule has 3 nitrogen and oxygen atoms in total. The summed E-state index contributed by atoms with van der Waals surface area (Å²) in [6.07, 6.45) is 2.08. The number of methoxy groups -OCH3 is 1. The molecule has 0 N–H and O–H groups in total. The number of benzene rings is 1. The highest BCUT2D eigenvalue weighted by Gasteiger charge is 2.11. The number of pyridine rings is 1. The van der Waals surface area contributed by atoms with Crippen molar-refractivity contribution >= 4 is 32.3 Å². The fourth-order valence-electron chi connectivity index (χ4n) is 2.68. The Morgan fingerprint density at radius 2 is 2.00 bits per heavy atom. The summed E-state index contributed by atoms with van der Waals surface area (Å²) in [5.74, 6) is 0.657. The number of fused-ring (bicyclic) bond motifs is 2. The first-order valence-electron chi connectivity index (χ1n) is 6.74. The molecule has 1 aromatic carbocycles. The number of hydrogen-bond donors (Lipinski definition) is 0. The highest BCUT2D eigenvalue weighted by molar-refractivity contribution is 7.17. The van der Waals surface area contributed by atoms with Crippen LogP contribution in [0.4, 0.5) is 0 Å². The van der Waals surface area contributed by atoms with E-state index in [0.717, 1.165) is 11.3 Å². The lowest BCUT2D eigenvalue weighted by Gasteiger charge is -2.07. The fraction of sp³-hybridized carbons (Fsp3) is 0.118. The SMILES string of the molecule is COc1cc2ccsc2c(-c2ccc3c(ccn3C)c2)n1. The van der Waals surface area contributed by atoms with Crippen LogP contribution >= 0.6 is 11.3 Å². The van der Waals surface area contributed by atoms with Crippen LogP contribution in [0.1, 0.15) is 0 Å². The van der Waals surface area contributed by atoms with Gasteiger partial charge in [-0.05, 0) is 35.0 Å². The molecule has 0 saturated carbocycles. The Hall–Kier alpha value is -2.33. The smallest absolute Gasteiger partial charge is 0.214 e. The van der Waals surface area contributed by atoms with Gasteiger partial charge in [0.2, 0.25) is 5.88 Å². The molecule has 0 aliphatic heterocycles. The molecule has 4 aromatic rings. The molecular weight excluding hydrogens is 280 g/mol. The van der Waals surface area contributed by atoms with Gasteiger partial charge in [-0.2, -0.15) is 0 Å². The number of hydrogen-bond acceptors (Lipinski definition) is 3. The van der Waals surface area contributed by atoms with Gasteiger partial charge in [-0.25, -0.2) is 4.98 Å². The zero-order valence-electron chi connectivity index (χ0n) is 11.8. The van der Waals surface area contributed by atoms with E-state index in [1.165, 1.54) is 21.0 Å². The molecule has 104 valence electrons. The molecule has 0 spiro atoms. The summed E-state index contributed by atoms with van der Waals surface area (Å²) in [5.41, 5.74) is 3.34. The molecule has 3 heterocycles. The van der Waals surface area contributed by atoms with Crippen molar-refractivity contribution in [2.45, 2.75) is 0 Å². The van der Waals surface area contributed by atoms with Gasteiger partial charge in [0, 0.05) is 35.8 Å². The van der Waals surface area contributed by atoms with Crippen molar-refractivity contribution in [2.75, 3.05) is 7.11 Å². The second-order valence-corrected chi connectivity index (χ2v) is 5.97. The van der Waals surface area contributed by atoms with Crippen LogP contribution in [0, 0.1) is 0 Å². The van der Waals surface area contributed by atoms with Crippen molar-refractivity contribution in [3.05, 3.63) is 48.0 Å². The lowest BCUT2D eigenvalue weighted by atomic mass is 10.1. The summed E-state index contributed by atoms with van der Waals surface area (Å²) in [7, 11) is 3.72. The summed E-state index contributed by atoms with van der Waals surface area (Å²) in [6.45, 7) is 0. The topological polar surface area (TPSA) is 27.1 Å². The predicted octanol–water partition coefficient (Wildman–Crippen LogP) is 4.46. The molecule has 3 aromatic heterocycles. The van der Waals surface area contributed by atoms with Gasteiger partial charge in [0.15, 0.2) is 0 Å². The number of nitrogens with zero attached hydrogens (tertiary/aromatic N) is 2. The van der Waals surface area contributed by atoms with Gasteiger partial charge < -0.3 is 9.30 Å². The highest BCUT2D eigenvalue weighted by Crippen LogP contribution is 2.34. The first-order chi connectivity index (χ1) is 10.3. The number of thiophene rings is 1. The molecule has 0 aliphatic carbocycles. The van der Waals surface area contributed by atoms with E-state index in [9.17, 15) is 0 Å². The van der Waals surface area contributed by atoms with Crippen LogP contribution in [0.15, 0.2) is 48.0 Å². The molecule has 0 atom stereocenters. The van der Waals surface area contributed by atoms with Crippen molar-refractivity contribution in [1.82, 2.24) is 9.55 Å². The van der Waals surface area contributed by atoms with Gasteiger partial charge in [0.1, 0.15) is 0 Å². The Balaban J connectivity index is 2.00. The third-order valence-electron chi connectivity index (χ3n) is 3.78. The summed E-state index contributed by atoms with van der Waals surface area (Å²) < 4.78 is 8.66. The van der Waals surface area contributed by atoms with Crippen LogP contribution in [0.2, 0.25) is 0 Å². The quantitative estimate of drug-likeness (QED) is 0.545.